The number of aromatic nitrogens is 2. The maximum Gasteiger partial charge on any atom is 0.413 e. The summed E-state index contributed by atoms with van der Waals surface area (Å²) in [7, 11) is 1.25. The number of imidazole rings is 1. The number of aliphatic hydroxyl groups is 1. The van der Waals surface area contributed by atoms with Crippen molar-refractivity contribution in [2.45, 2.75) is 5.72 Å². The first kappa shape index (κ1) is 22.7. The first-order chi connectivity index (χ1) is 16.6. The largest absolute Gasteiger partial charge is 0.465 e. The van der Waals surface area contributed by atoms with Crippen LogP contribution in [0.15, 0.2) is 48.5 Å². The molecule has 2 amide bonds. The van der Waals surface area contributed by atoms with E-state index in [9.17, 15) is 24.2 Å². The molecule has 1 atom stereocenters. The van der Waals surface area contributed by atoms with Crippen LogP contribution < -0.4 is 9.80 Å². The van der Waals surface area contributed by atoms with E-state index in [1.165, 1.54) is 37.4 Å². The van der Waals surface area contributed by atoms with Gasteiger partial charge in [0.1, 0.15) is 11.6 Å². The second-order valence-electron chi connectivity index (χ2n) is 7.80. The number of halogens is 4. The number of carboxylic acid groups (broad SMARTS) is 1. The van der Waals surface area contributed by atoms with Gasteiger partial charge in [0.2, 0.25) is 11.7 Å². The van der Waals surface area contributed by atoms with Crippen molar-refractivity contribution >= 4 is 46.3 Å². The molecule has 1 aromatic heterocycles. The molecule has 0 fully saturated rings. The summed E-state index contributed by atoms with van der Waals surface area (Å²) in [6.45, 7) is 0. The van der Waals surface area contributed by atoms with E-state index in [0.717, 1.165) is 23.1 Å². The van der Waals surface area contributed by atoms with Crippen LogP contribution in [0.3, 0.4) is 0 Å². The number of carbonyl (C=O) groups is 2. The minimum Gasteiger partial charge on any atom is -0.465 e. The van der Waals surface area contributed by atoms with Crippen molar-refractivity contribution in [3.63, 3.8) is 0 Å². The number of anilines is 2. The van der Waals surface area contributed by atoms with E-state index in [0.29, 0.717) is 4.90 Å². The van der Waals surface area contributed by atoms with Crippen molar-refractivity contribution in [3.8, 4) is 0 Å². The number of nitrogens with one attached hydrogen (secondary N) is 1. The normalized spacial score (nSPS) is 17.2. The zero-order valence-electron chi connectivity index (χ0n) is 17.7. The van der Waals surface area contributed by atoms with Gasteiger partial charge in [-0.1, -0.05) is 23.7 Å². The van der Waals surface area contributed by atoms with Gasteiger partial charge in [-0.3, -0.25) is 14.6 Å². The summed E-state index contributed by atoms with van der Waals surface area (Å²) in [5.41, 5.74) is -4.31. The smallest absolute Gasteiger partial charge is 0.413 e. The molecule has 178 valence electrons. The van der Waals surface area contributed by atoms with Gasteiger partial charge in [0.05, 0.1) is 32.9 Å². The highest BCUT2D eigenvalue weighted by Gasteiger charge is 2.54. The molecule has 1 aliphatic rings. The molecule has 0 bridgehead atoms. The van der Waals surface area contributed by atoms with Crippen LogP contribution in [0.2, 0.25) is 5.02 Å². The van der Waals surface area contributed by atoms with E-state index in [1.807, 2.05) is 0 Å². The Morgan fingerprint density at radius 2 is 1.86 bits per heavy atom. The number of benzene rings is 3. The number of hydrogen-bond acceptors (Lipinski definition) is 4. The minimum absolute atomic E-state index is 0.0468. The van der Waals surface area contributed by atoms with Crippen LogP contribution in [0.25, 0.3) is 11.0 Å². The molecule has 1 unspecified atom stereocenters. The van der Waals surface area contributed by atoms with Crippen LogP contribution in [0.5, 0.6) is 0 Å². The Hall–Kier alpha value is -4.09. The van der Waals surface area contributed by atoms with Crippen LogP contribution in [-0.4, -0.2) is 39.2 Å². The first-order valence-corrected chi connectivity index (χ1v) is 10.4. The lowest BCUT2D eigenvalue weighted by Crippen LogP contribution is -2.45. The summed E-state index contributed by atoms with van der Waals surface area (Å²) >= 11 is 5.88. The number of fused-ring (bicyclic) bond motifs is 2. The van der Waals surface area contributed by atoms with Gasteiger partial charge in [-0.05, 0) is 36.4 Å². The average Bonchev–Trinajstić information content (AvgIpc) is 3.35. The van der Waals surface area contributed by atoms with Gasteiger partial charge in [0, 0.05) is 12.6 Å². The summed E-state index contributed by atoms with van der Waals surface area (Å²) in [5, 5.41) is 20.7. The Bertz CT molecular complexity index is 1560. The molecule has 0 aliphatic carbocycles. The fourth-order valence-corrected chi connectivity index (χ4v) is 4.33. The van der Waals surface area contributed by atoms with Gasteiger partial charge in [-0.2, -0.15) is 0 Å². The maximum absolute atomic E-state index is 15.1. The molecule has 4 aromatic rings. The molecule has 3 aromatic carbocycles. The molecule has 12 heteroatoms. The topological polar surface area (TPSA) is 110 Å². The lowest BCUT2D eigenvalue weighted by Gasteiger charge is -2.35. The molecular weight excluding hydrogens is 489 g/mol. The van der Waals surface area contributed by atoms with Crippen molar-refractivity contribution in [1.29, 1.82) is 0 Å². The Morgan fingerprint density at radius 3 is 2.57 bits per heavy atom. The van der Waals surface area contributed by atoms with Gasteiger partial charge in [0.15, 0.2) is 5.82 Å². The van der Waals surface area contributed by atoms with Crippen molar-refractivity contribution in [1.82, 2.24) is 9.97 Å². The van der Waals surface area contributed by atoms with Crippen LogP contribution >= 0.6 is 11.6 Å². The number of H-pyrrole nitrogens is 1. The third-order valence-electron chi connectivity index (χ3n) is 5.84. The highest BCUT2D eigenvalue weighted by molar-refractivity contribution is 6.31. The molecule has 0 saturated carbocycles. The van der Waals surface area contributed by atoms with E-state index >= 15 is 8.78 Å². The van der Waals surface area contributed by atoms with Crippen molar-refractivity contribution in [2.75, 3.05) is 16.8 Å². The summed E-state index contributed by atoms with van der Waals surface area (Å²) in [5.74, 6) is -4.52. The summed E-state index contributed by atoms with van der Waals surface area (Å²) in [6, 6.07) is 9.10. The third kappa shape index (κ3) is 3.16. The monoisotopic (exact) mass is 502 g/mol. The molecule has 1 aliphatic heterocycles. The lowest BCUT2D eigenvalue weighted by molar-refractivity contribution is 0.0681. The Kier molecular flexibility index (Phi) is 5.00. The molecule has 5 rings (SSSR count). The van der Waals surface area contributed by atoms with E-state index in [1.54, 1.807) is 0 Å². The Morgan fingerprint density at radius 1 is 1.14 bits per heavy atom. The van der Waals surface area contributed by atoms with E-state index in [2.05, 4.69) is 9.97 Å². The van der Waals surface area contributed by atoms with E-state index in [-0.39, 0.29) is 27.6 Å². The number of carbonyl (C=O) groups excluding carboxylic acids is 1. The van der Waals surface area contributed by atoms with E-state index < -0.39 is 52.0 Å². The quantitative estimate of drug-likeness (QED) is 0.379. The summed E-state index contributed by atoms with van der Waals surface area (Å²) in [4.78, 5) is 32.8. The minimum atomic E-state index is -2.69. The van der Waals surface area contributed by atoms with Crippen molar-refractivity contribution < 1.29 is 33.0 Å². The zero-order valence-corrected chi connectivity index (χ0v) is 18.4. The standard InChI is InChI=1S/C23H14ClF3N4O4/c1-30(22(33)34)21-28-14-8-5-10(9-15(14)29-21)23(35)18-13(26)7-6-12(25)17(18)20(32)31(23)16-4-2-3-11(24)19(16)27/h2-9,35H,1H3,(H,28,29)(H,33,34). The van der Waals surface area contributed by atoms with Gasteiger partial charge in [0.25, 0.3) is 5.91 Å². The number of aromatic amines is 1. The predicted molar refractivity (Wildman–Crippen MR) is 120 cm³/mol. The van der Waals surface area contributed by atoms with Crippen molar-refractivity contribution in [2.24, 2.45) is 0 Å². The third-order valence-corrected chi connectivity index (χ3v) is 6.13. The van der Waals surface area contributed by atoms with Crippen LogP contribution in [0.4, 0.5) is 29.6 Å². The van der Waals surface area contributed by atoms with Gasteiger partial charge in [-0.25, -0.2) is 22.9 Å². The zero-order chi connectivity index (χ0) is 25.2. The fourth-order valence-electron chi connectivity index (χ4n) is 4.16. The van der Waals surface area contributed by atoms with Crippen LogP contribution in [0, 0.1) is 17.5 Å². The molecule has 35 heavy (non-hydrogen) atoms. The number of amides is 2. The highest BCUT2D eigenvalue weighted by atomic mass is 35.5. The molecule has 0 radical (unpaired) electrons. The number of hydrogen-bond donors (Lipinski definition) is 3. The van der Waals surface area contributed by atoms with Gasteiger partial charge >= 0.3 is 6.09 Å². The SMILES string of the molecule is CN(C(=O)O)c1nc2ccc(C3(O)c4c(F)ccc(F)c4C(=O)N3c3cccc(Cl)c3F)cc2[nH]1. The lowest BCUT2D eigenvalue weighted by atomic mass is 9.92. The molecule has 2 heterocycles. The maximum atomic E-state index is 15.1. The fraction of sp³-hybridized carbons (Fsp3) is 0.0870. The highest BCUT2D eigenvalue weighted by Crippen LogP contribution is 2.48. The van der Waals surface area contributed by atoms with Gasteiger partial charge in [-0.15, -0.1) is 0 Å². The molecule has 3 N–H and O–H groups in total. The number of rotatable bonds is 3. The van der Waals surface area contributed by atoms with Crippen LogP contribution in [0.1, 0.15) is 21.5 Å². The van der Waals surface area contributed by atoms with Crippen LogP contribution in [-0.2, 0) is 5.72 Å². The molecule has 8 nitrogen and oxygen atoms in total. The summed E-state index contributed by atoms with van der Waals surface area (Å²) < 4.78 is 44.9. The Balaban J connectivity index is 1.80. The summed E-state index contributed by atoms with van der Waals surface area (Å²) in [6.07, 6.45) is -1.29. The molecule has 0 saturated heterocycles. The number of nitrogens with zero attached hydrogens (tertiary/aromatic N) is 3. The average molecular weight is 503 g/mol. The molecule has 0 spiro atoms. The predicted octanol–water partition coefficient (Wildman–Crippen LogP) is 4.60. The van der Waals surface area contributed by atoms with E-state index in [4.69, 9.17) is 11.6 Å². The first-order valence-electron chi connectivity index (χ1n) is 10.0. The second kappa shape index (κ2) is 7.72. The van der Waals surface area contributed by atoms with Gasteiger partial charge < -0.3 is 15.2 Å². The molecular formula is C23H14ClF3N4O4. The Labute approximate surface area is 199 Å². The second-order valence-corrected chi connectivity index (χ2v) is 8.21. The van der Waals surface area contributed by atoms with Crippen molar-refractivity contribution in [3.05, 3.63) is 87.7 Å².